The summed E-state index contributed by atoms with van der Waals surface area (Å²) in [6.45, 7) is 8.09. The summed E-state index contributed by atoms with van der Waals surface area (Å²) >= 11 is 0.201. The zero-order valence-corrected chi connectivity index (χ0v) is 25.0. The van der Waals surface area contributed by atoms with Crippen LogP contribution in [0.25, 0.3) is 0 Å². The molecule has 0 unspecified atom stereocenters. The molecule has 0 amide bonds. The van der Waals surface area contributed by atoms with E-state index in [-0.39, 0.29) is 30.9 Å². The van der Waals surface area contributed by atoms with Crippen molar-refractivity contribution < 1.29 is 13.9 Å². The van der Waals surface area contributed by atoms with E-state index >= 15 is 0 Å². The SMILES string of the molecule is CC(C)(C)[Si](O[C@H]1OC[C@@H]([Se]c2ccccc2)[C@H]1OCc1ccccc1)(c1ccccc1)c1ccccc1. The summed E-state index contributed by atoms with van der Waals surface area (Å²) in [6, 6.07) is 42.7. The minimum atomic E-state index is -2.78. The van der Waals surface area contributed by atoms with E-state index in [4.69, 9.17) is 13.9 Å². The van der Waals surface area contributed by atoms with Crippen LogP contribution in [0.2, 0.25) is 9.85 Å². The van der Waals surface area contributed by atoms with E-state index in [0.29, 0.717) is 13.2 Å². The van der Waals surface area contributed by atoms with Gasteiger partial charge in [0.05, 0.1) is 0 Å². The van der Waals surface area contributed by atoms with Crippen LogP contribution in [0, 0.1) is 0 Å². The second-order valence-electron chi connectivity index (χ2n) is 10.7. The maximum atomic E-state index is 7.41. The first kappa shape index (κ1) is 27.1. The van der Waals surface area contributed by atoms with Gasteiger partial charge in [-0.25, -0.2) is 0 Å². The summed E-state index contributed by atoms with van der Waals surface area (Å²) in [6.07, 6.45) is -0.599. The number of ether oxygens (including phenoxy) is 2. The van der Waals surface area contributed by atoms with E-state index in [1.54, 1.807) is 0 Å². The molecule has 0 aromatic heterocycles. The molecular weight excluding hydrogens is 551 g/mol. The van der Waals surface area contributed by atoms with Crippen molar-refractivity contribution in [2.75, 3.05) is 6.61 Å². The molecular formula is C33H36O3SeSi. The molecule has 0 N–H and O–H groups in total. The van der Waals surface area contributed by atoms with E-state index in [1.807, 2.05) is 6.07 Å². The van der Waals surface area contributed by atoms with Crippen LogP contribution < -0.4 is 14.8 Å². The summed E-state index contributed by atoms with van der Waals surface area (Å²) in [4.78, 5) is 0.261. The molecule has 3 nitrogen and oxygen atoms in total. The monoisotopic (exact) mass is 588 g/mol. The van der Waals surface area contributed by atoms with E-state index in [0.717, 1.165) is 5.56 Å². The van der Waals surface area contributed by atoms with Crippen LogP contribution in [0.4, 0.5) is 0 Å². The summed E-state index contributed by atoms with van der Waals surface area (Å²) < 4.78 is 22.0. The molecule has 38 heavy (non-hydrogen) atoms. The topological polar surface area (TPSA) is 27.7 Å². The van der Waals surface area contributed by atoms with Gasteiger partial charge in [-0.3, -0.25) is 0 Å². The molecule has 1 fully saturated rings. The van der Waals surface area contributed by atoms with Gasteiger partial charge in [0.2, 0.25) is 0 Å². The van der Waals surface area contributed by atoms with Crippen LogP contribution in [-0.4, -0.2) is 42.3 Å². The second kappa shape index (κ2) is 12.1. The molecule has 1 aliphatic heterocycles. The van der Waals surface area contributed by atoms with Gasteiger partial charge in [0.15, 0.2) is 0 Å². The van der Waals surface area contributed by atoms with Gasteiger partial charge >= 0.3 is 235 Å². The van der Waals surface area contributed by atoms with Gasteiger partial charge in [-0.1, -0.05) is 0 Å². The van der Waals surface area contributed by atoms with Gasteiger partial charge in [0.25, 0.3) is 0 Å². The van der Waals surface area contributed by atoms with E-state index < -0.39 is 14.6 Å². The van der Waals surface area contributed by atoms with E-state index in [2.05, 4.69) is 136 Å². The Labute approximate surface area is 234 Å². The number of benzene rings is 4. The molecule has 5 rings (SSSR count). The first-order chi connectivity index (χ1) is 18.5. The summed E-state index contributed by atoms with van der Waals surface area (Å²) in [5, 5.41) is 2.37. The summed E-state index contributed by atoms with van der Waals surface area (Å²) in [5.74, 6) is 0. The van der Waals surface area contributed by atoms with Crippen molar-refractivity contribution in [3.8, 4) is 0 Å². The predicted octanol–water partition coefficient (Wildman–Crippen LogP) is 5.32. The molecule has 3 atom stereocenters. The van der Waals surface area contributed by atoms with Gasteiger partial charge in [-0.15, -0.1) is 0 Å². The number of hydrogen-bond acceptors (Lipinski definition) is 3. The Hall–Kier alpha value is -2.50. The fourth-order valence-corrected chi connectivity index (χ4v) is 12.2. The van der Waals surface area contributed by atoms with Gasteiger partial charge in [0.1, 0.15) is 0 Å². The quantitative estimate of drug-likeness (QED) is 0.248. The molecule has 4 aromatic rings. The number of rotatable bonds is 9. The minimum absolute atomic E-state index is 0.133. The third kappa shape index (κ3) is 5.89. The fraction of sp³-hybridized carbons (Fsp3) is 0.273. The first-order valence-corrected chi connectivity index (χ1v) is 17.0. The van der Waals surface area contributed by atoms with Crippen molar-refractivity contribution in [1.82, 2.24) is 0 Å². The molecule has 0 aliphatic carbocycles. The Morgan fingerprint density at radius 1 is 0.737 bits per heavy atom. The van der Waals surface area contributed by atoms with Crippen molar-refractivity contribution >= 4 is 38.1 Å². The third-order valence-electron chi connectivity index (χ3n) is 7.09. The van der Waals surface area contributed by atoms with Crippen LogP contribution in [0.3, 0.4) is 0 Å². The van der Waals surface area contributed by atoms with Crippen LogP contribution in [0.15, 0.2) is 121 Å². The zero-order valence-electron chi connectivity index (χ0n) is 22.3. The molecule has 0 spiro atoms. The molecule has 0 saturated carbocycles. The average molecular weight is 588 g/mol. The van der Waals surface area contributed by atoms with Crippen molar-refractivity contribution in [2.45, 2.75) is 49.6 Å². The number of hydrogen-bond donors (Lipinski definition) is 0. The third-order valence-corrected chi connectivity index (χ3v) is 14.7. The van der Waals surface area contributed by atoms with Crippen LogP contribution in [0.5, 0.6) is 0 Å². The standard InChI is InChI=1S/C33H36O3SeSi/c1-33(2,3)38(28-20-12-6-13-21-28,29-22-14-7-15-23-29)36-32-31(34-24-26-16-8-4-9-17-26)30(25-35-32)37-27-18-10-5-11-19-27/h4-23,30-32H,24-25H2,1-3H3/t30-,31-,32-/m1/s1. The van der Waals surface area contributed by atoms with E-state index in [9.17, 15) is 0 Å². The zero-order chi connectivity index (χ0) is 26.4. The maximum absolute atomic E-state index is 7.41. The molecule has 5 heteroatoms. The Balaban J connectivity index is 1.52. The Morgan fingerprint density at radius 2 is 1.24 bits per heavy atom. The van der Waals surface area contributed by atoms with Crippen molar-refractivity contribution in [3.63, 3.8) is 0 Å². The van der Waals surface area contributed by atoms with Gasteiger partial charge < -0.3 is 0 Å². The van der Waals surface area contributed by atoms with Crippen LogP contribution in [0.1, 0.15) is 26.3 Å². The normalized spacial score (nSPS) is 19.9. The Kier molecular flexibility index (Phi) is 8.64. The van der Waals surface area contributed by atoms with Crippen molar-refractivity contribution in [1.29, 1.82) is 0 Å². The van der Waals surface area contributed by atoms with Crippen molar-refractivity contribution in [2.24, 2.45) is 0 Å². The fourth-order valence-electron chi connectivity index (χ4n) is 5.25. The van der Waals surface area contributed by atoms with Gasteiger partial charge in [-0.05, 0) is 0 Å². The Morgan fingerprint density at radius 3 is 1.76 bits per heavy atom. The predicted molar refractivity (Wildman–Crippen MR) is 159 cm³/mol. The second-order valence-corrected chi connectivity index (χ2v) is 17.7. The molecule has 1 saturated heterocycles. The molecule has 196 valence electrons. The molecule has 1 aliphatic rings. The first-order valence-electron chi connectivity index (χ1n) is 13.2. The molecule has 1 heterocycles. The van der Waals surface area contributed by atoms with E-state index in [1.165, 1.54) is 14.8 Å². The molecule has 0 bridgehead atoms. The van der Waals surface area contributed by atoms with Crippen molar-refractivity contribution in [3.05, 3.63) is 127 Å². The molecule has 4 aromatic carbocycles. The molecule has 0 radical (unpaired) electrons. The summed E-state index contributed by atoms with van der Waals surface area (Å²) in [5.41, 5.74) is 1.16. The average Bonchev–Trinajstić information content (AvgIpc) is 3.32. The van der Waals surface area contributed by atoms with Gasteiger partial charge in [-0.2, -0.15) is 0 Å². The summed E-state index contributed by atoms with van der Waals surface area (Å²) in [7, 11) is -2.78. The van der Waals surface area contributed by atoms with Crippen LogP contribution in [-0.2, 0) is 20.5 Å². The van der Waals surface area contributed by atoms with Gasteiger partial charge in [0, 0.05) is 0 Å². The Bertz CT molecular complexity index is 1220. The van der Waals surface area contributed by atoms with Crippen LogP contribution >= 0.6 is 0 Å².